The summed E-state index contributed by atoms with van der Waals surface area (Å²) in [6.45, 7) is 1.77. The molecule has 1 unspecified atom stereocenters. The molecule has 0 aliphatic carbocycles. The van der Waals surface area contributed by atoms with Crippen molar-refractivity contribution < 1.29 is 18.7 Å². The van der Waals surface area contributed by atoms with Crippen LogP contribution in [0.1, 0.15) is 23.7 Å². The van der Waals surface area contributed by atoms with E-state index in [1.807, 2.05) is 0 Å². The van der Waals surface area contributed by atoms with Crippen LogP contribution in [0.15, 0.2) is 53.5 Å². The zero-order valence-electron chi connectivity index (χ0n) is 12.9. The Morgan fingerprint density at radius 1 is 1.25 bits per heavy atom. The molecule has 0 aliphatic rings. The number of carbonyl (C=O) groups excluding carboxylic acids is 2. The second-order valence-corrected chi connectivity index (χ2v) is 5.06. The summed E-state index contributed by atoms with van der Waals surface area (Å²) >= 11 is 0. The van der Waals surface area contributed by atoms with E-state index < -0.39 is 12.1 Å². The lowest BCUT2D eigenvalue weighted by Crippen LogP contribution is -2.32. The monoisotopic (exact) mass is 325 g/mol. The molecule has 122 valence electrons. The molecule has 24 heavy (non-hydrogen) atoms. The molecule has 2 heterocycles. The van der Waals surface area contributed by atoms with Gasteiger partial charge in [-0.05, 0) is 36.8 Å². The lowest BCUT2D eigenvalue weighted by atomic mass is 10.2. The number of carbonyl (C=O) groups is 2. The summed E-state index contributed by atoms with van der Waals surface area (Å²) in [7, 11) is 0. The first-order valence-corrected chi connectivity index (χ1v) is 7.42. The summed E-state index contributed by atoms with van der Waals surface area (Å²) in [5.41, 5.74) is 2.04. The quantitative estimate of drug-likeness (QED) is 0.725. The molecule has 1 atom stereocenters. The molecule has 7 heteroatoms. The molecule has 3 aromatic rings. The average molecular weight is 325 g/mol. The van der Waals surface area contributed by atoms with E-state index >= 15 is 0 Å². The number of nitrogens with zero attached hydrogens (tertiary/aromatic N) is 2. The summed E-state index contributed by atoms with van der Waals surface area (Å²) in [5, 5.41) is 2.69. The lowest BCUT2D eigenvalue weighted by Gasteiger charge is -2.16. The highest BCUT2D eigenvalue weighted by Gasteiger charge is 2.22. The summed E-state index contributed by atoms with van der Waals surface area (Å²) in [6, 6.07) is 8.09. The maximum atomic E-state index is 12.3. The van der Waals surface area contributed by atoms with Gasteiger partial charge in [0, 0.05) is 18.1 Å². The molecule has 1 aromatic carbocycles. The first kappa shape index (κ1) is 15.7. The van der Waals surface area contributed by atoms with Crippen molar-refractivity contribution in [2.45, 2.75) is 19.4 Å². The van der Waals surface area contributed by atoms with Crippen LogP contribution in [0.25, 0.3) is 11.1 Å². The number of pyridine rings is 1. The van der Waals surface area contributed by atoms with Crippen molar-refractivity contribution in [3.63, 3.8) is 0 Å². The average Bonchev–Trinajstić information content (AvgIpc) is 3.07. The Bertz CT molecular complexity index is 860. The predicted molar refractivity (Wildman–Crippen MR) is 86.4 cm³/mol. The molecule has 1 amide bonds. The Balaban J connectivity index is 1.69. The van der Waals surface area contributed by atoms with Gasteiger partial charge in [0.15, 0.2) is 18.1 Å². The number of benzene rings is 1. The topological polar surface area (TPSA) is 94.3 Å². The standard InChI is InChI=1S/C17H15N3O4/c1-2-14(16(21)20-12-5-7-18-8-6-12)24-17(22)11-3-4-15-13(9-11)19-10-23-15/h3-10,14H,2H2,1H3,(H,18,20,21). The van der Waals surface area contributed by atoms with Gasteiger partial charge in [-0.1, -0.05) is 6.92 Å². The van der Waals surface area contributed by atoms with Crippen molar-refractivity contribution in [1.29, 1.82) is 0 Å². The Morgan fingerprint density at radius 3 is 2.79 bits per heavy atom. The van der Waals surface area contributed by atoms with E-state index in [1.54, 1.807) is 49.6 Å². The lowest BCUT2D eigenvalue weighted by molar-refractivity contribution is -0.124. The number of hydrogen-bond donors (Lipinski definition) is 1. The third-order valence-electron chi connectivity index (χ3n) is 3.43. The van der Waals surface area contributed by atoms with Crippen molar-refractivity contribution >= 4 is 28.7 Å². The Hall–Kier alpha value is -3.22. The fourth-order valence-electron chi connectivity index (χ4n) is 2.16. The number of ether oxygens (including phenoxy) is 1. The predicted octanol–water partition coefficient (Wildman–Crippen LogP) is 2.80. The highest BCUT2D eigenvalue weighted by atomic mass is 16.5. The minimum Gasteiger partial charge on any atom is -0.449 e. The van der Waals surface area contributed by atoms with Crippen LogP contribution in [0, 0.1) is 0 Å². The normalized spacial score (nSPS) is 11.9. The van der Waals surface area contributed by atoms with E-state index in [0.717, 1.165) is 0 Å². The molecule has 1 N–H and O–H groups in total. The van der Waals surface area contributed by atoms with E-state index in [9.17, 15) is 9.59 Å². The number of esters is 1. The largest absolute Gasteiger partial charge is 0.449 e. The van der Waals surface area contributed by atoms with E-state index in [0.29, 0.717) is 28.8 Å². The van der Waals surface area contributed by atoms with Crippen LogP contribution in [0.4, 0.5) is 5.69 Å². The van der Waals surface area contributed by atoms with Crippen molar-refractivity contribution in [2.75, 3.05) is 5.32 Å². The van der Waals surface area contributed by atoms with Crippen molar-refractivity contribution in [3.05, 3.63) is 54.7 Å². The fourth-order valence-corrected chi connectivity index (χ4v) is 2.16. The summed E-state index contributed by atoms with van der Waals surface area (Å²) in [4.78, 5) is 32.4. The third kappa shape index (κ3) is 3.40. The SMILES string of the molecule is CCC(OC(=O)c1ccc2ocnc2c1)C(=O)Nc1ccncc1. The molecular formula is C17H15N3O4. The zero-order valence-corrected chi connectivity index (χ0v) is 12.9. The fraction of sp³-hybridized carbons (Fsp3) is 0.176. The summed E-state index contributed by atoms with van der Waals surface area (Å²) in [5.74, 6) is -0.976. The van der Waals surface area contributed by atoms with Crippen LogP contribution in [0.2, 0.25) is 0 Å². The van der Waals surface area contributed by atoms with Gasteiger partial charge in [0.05, 0.1) is 5.56 Å². The van der Waals surface area contributed by atoms with Crippen LogP contribution in [0.5, 0.6) is 0 Å². The van der Waals surface area contributed by atoms with Crippen LogP contribution in [-0.2, 0) is 9.53 Å². The molecule has 0 radical (unpaired) electrons. The van der Waals surface area contributed by atoms with Gasteiger partial charge in [-0.25, -0.2) is 9.78 Å². The highest BCUT2D eigenvalue weighted by molar-refractivity contribution is 5.98. The van der Waals surface area contributed by atoms with Gasteiger partial charge < -0.3 is 14.5 Å². The number of fused-ring (bicyclic) bond motifs is 1. The minimum absolute atomic E-state index is 0.312. The molecular weight excluding hydrogens is 310 g/mol. The zero-order chi connectivity index (χ0) is 16.9. The molecule has 0 saturated carbocycles. The first-order chi connectivity index (χ1) is 11.7. The maximum absolute atomic E-state index is 12.3. The van der Waals surface area contributed by atoms with Gasteiger partial charge >= 0.3 is 5.97 Å². The molecule has 7 nitrogen and oxygen atoms in total. The molecule has 2 aromatic heterocycles. The number of aromatic nitrogens is 2. The van der Waals surface area contributed by atoms with Gasteiger partial charge in [-0.2, -0.15) is 0 Å². The van der Waals surface area contributed by atoms with Gasteiger partial charge in [0.2, 0.25) is 0 Å². The highest BCUT2D eigenvalue weighted by Crippen LogP contribution is 2.16. The number of rotatable bonds is 5. The Morgan fingerprint density at radius 2 is 2.04 bits per heavy atom. The van der Waals surface area contributed by atoms with Crippen LogP contribution in [-0.4, -0.2) is 27.9 Å². The third-order valence-corrected chi connectivity index (χ3v) is 3.43. The summed E-state index contributed by atoms with van der Waals surface area (Å²) in [6.07, 6.45) is 3.90. The number of amides is 1. The van der Waals surface area contributed by atoms with E-state index in [1.165, 1.54) is 6.39 Å². The second kappa shape index (κ2) is 6.91. The summed E-state index contributed by atoms with van der Waals surface area (Å²) < 4.78 is 10.4. The van der Waals surface area contributed by atoms with E-state index in [2.05, 4.69) is 15.3 Å². The van der Waals surface area contributed by atoms with E-state index in [-0.39, 0.29) is 5.91 Å². The van der Waals surface area contributed by atoms with Gasteiger partial charge in [-0.3, -0.25) is 9.78 Å². The number of nitrogens with one attached hydrogen (secondary N) is 1. The molecule has 0 aliphatic heterocycles. The van der Waals surface area contributed by atoms with E-state index in [4.69, 9.17) is 9.15 Å². The maximum Gasteiger partial charge on any atom is 0.338 e. The van der Waals surface area contributed by atoms with Crippen LogP contribution >= 0.6 is 0 Å². The molecule has 0 fully saturated rings. The van der Waals surface area contributed by atoms with Crippen molar-refractivity contribution in [3.8, 4) is 0 Å². The Kier molecular flexibility index (Phi) is 4.51. The minimum atomic E-state index is -0.890. The Labute approximate surface area is 137 Å². The van der Waals surface area contributed by atoms with Crippen molar-refractivity contribution in [2.24, 2.45) is 0 Å². The molecule has 0 saturated heterocycles. The second-order valence-electron chi connectivity index (χ2n) is 5.06. The van der Waals surface area contributed by atoms with Gasteiger partial charge in [0.25, 0.3) is 5.91 Å². The van der Waals surface area contributed by atoms with Gasteiger partial charge in [-0.15, -0.1) is 0 Å². The number of oxazole rings is 1. The van der Waals surface area contributed by atoms with Crippen LogP contribution in [0.3, 0.4) is 0 Å². The molecule has 0 spiro atoms. The first-order valence-electron chi connectivity index (χ1n) is 7.42. The number of hydrogen-bond acceptors (Lipinski definition) is 6. The smallest absolute Gasteiger partial charge is 0.338 e. The number of anilines is 1. The molecule has 3 rings (SSSR count). The van der Waals surface area contributed by atoms with Crippen LogP contribution < -0.4 is 5.32 Å². The van der Waals surface area contributed by atoms with Gasteiger partial charge in [0.1, 0.15) is 5.52 Å². The van der Waals surface area contributed by atoms with Crippen molar-refractivity contribution in [1.82, 2.24) is 9.97 Å². The molecule has 0 bridgehead atoms.